The molecule has 0 aliphatic heterocycles. The van der Waals surface area contributed by atoms with Gasteiger partial charge in [0.1, 0.15) is 0 Å². The summed E-state index contributed by atoms with van der Waals surface area (Å²) < 4.78 is 0. The number of hydrogen-bond acceptors (Lipinski definition) is 2. The van der Waals surface area contributed by atoms with Crippen LogP contribution in [0.15, 0.2) is 42.6 Å². The summed E-state index contributed by atoms with van der Waals surface area (Å²) in [5.41, 5.74) is 7.68. The Morgan fingerprint density at radius 2 is 2.04 bits per heavy atom. The van der Waals surface area contributed by atoms with Crippen LogP contribution < -0.4 is 5.32 Å². The van der Waals surface area contributed by atoms with E-state index in [4.69, 9.17) is 0 Å². The standard InChI is InChI=1S/C19H18N4/c1-2-7-17-16(6-1)22-19(23-17)21-11-13-10-20-18-14-5-3-4-12(14)8-9-15(13)18/h1-2,6-10,20H,3-5,11H2,(H2,21,22,23). The fourth-order valence-electron chi connectivity index (χ4n) is 3.70. The molecule has 0 spiro atoms. The first-order valence-corrected chi connectivity index (χ1v) is 8.18. The Labute approximate surface area is 133 Å². The van der Waals surface area contributed by atoms with E-state index < -0.39 is 0 Å². The van der Waals surface area contributed by atoms with Gasteiger partial charge in [-0.05, 0) is 48.1 Å². The summed E-state index contributed by atoms with van der Waals surface area (Å²) in [6.07, 6.45) is 5.82. The summed E-state index contributed by atoms with van der Waals surface area (Å²) in [7, 11) is 0. The second kappa shape index (κ2) is 4.88. The molecule has 2 heterocycles. The lowest BCUT2D eigenvalue weighted by Gasteiger charge is -2.04. The Morgan fingerprint density at radius 1 is 1.09 bits per heavy atom. The molecule has 0 saturated heterocycles. The number of aromatic amines is 2. The average molecular weight is 302 g/mol. The topological polar surface area (TPSA) is 56.5 Å². The predicted molar refractivity (Wildman–Crippen MR) is 93.7 cm³/mol. The molecule has 2 aromatic heterocycles. The quantitative estimate of drug-likeness (QED) is 0.532. The van der Waals surface area contributed by atoms with Crippen molar-refractivity contribution in [1.82, 2.24) is 15.0 Å². The Balaban J connectivity index is 1.45. The summed E-state index contributed by atoms with van der Waals surface area (Å²) in [6.45, 7) is 0.763. The van der Waals surface area contributed by atoms with Crippen molar-refractivity contribution in [3.8, 4) is 0 Å². The van der Waals surface area contributed by atoms with E-state index in [1.807, 2.05) is 24.3 Å². The summed E-state index contributed by atoms with van der Waals surface area (Å²) in [5, 5.41) is 4.74. The van der Waals surface area contributed by atoms with E-state index in [0.29, 0.717) is 0 Å². The van der Waals surface area contributed by atoms with Crippen LogP contribution >= 0.6 is 0 Å². The van der Waals surface area contributed by atoms with Crippen LogP contribution in [0.25, 0.3) is 21.9 Å². The molecule has 5 rings (SSSR count). The third kappa shape index (κ3) is 2.02. The third-order valence-corrected chi connectivity index (χ3v) is 4.86. The first-order valence-electron chi connectivity index (χ1n) is 8.18. The van der Waals surface area contributed by atoms with Crippen molar-refractivity contribution in [1.29, 1.82) is 0 Å². The van der Waals surface area contributed by atoms with E-state index >= 15 is 0 Å². The first-order chi connectivity index (χ1) is 11.4. The van der Waals surface area contributed by atoms with Crippen LogP contribution in [-0.2, 0) is 19.4 Å². The summed E-state index contributed by atoms with van der Waals surface area (Å²) in [5.74, 6) is 0.821. The molecule has 0 saturated carbocycles. The Hall–Kier alpha value is -2.75. The number of anilines is 1. The zero-order chi connectivity index (χ0) is 15.2. The number of imidazole rings is 1. The summed E-state index contributed by atoms with van der Waals surface area (Å²) in [4.78, 5) is 11.4. The molecule has 0 fully saturated rings. The molecular formula is C19H18N4. The highest BCUT2D eigenvalue weighted by Gasteiger charge is 2.16. The summed E-state index contributed by atoms with van der Waals surface area (Å²) in [6, 6.07) is 12.6. The van der Waals surface area contributed by atoms with Gasteiger partial charge in [-0.2, -0.15) is 0 Å². The van der Waals surface area contributed by atoms with Gasteiger partial charge in [0.15, 0.2) is 0 Å². The largest absolute Gasteiger partial charge is 0.361 e. The molecule has 3 N–H and O–H groups in total. The Bertz CT molecular complexity index is 976. The minimum Gasteiger partial charge on any atom is -0.361 e. The van der Waals surface area contributed by atoms with Crippen LogP contribution in [0.3, 0.4) is 0 Å². The number of aryl methyl sites for hydroxylation is 2. The van der Waals surface area contributed by atoms with E-state index in [-0.39, 0.29) is 0 Å². The highest BCUT2D eigenvalue weighted by molar-refractivity contribution is 5.87. The van der Waals surface area contributed by atoms with Gasteiger partial charge >= 0.3 is 0 Å². The zero-order valence-electron chi connectivity index (χ0n) is 12.8. The van der Waals surface area contributed by atoms with Gasteiger partial charge in [-0.25, -0.2) is 4.98 Å². The normalized spacial score (nSPS) is 13.7. The SMILES string of the molecule is c1ccc2[nH]c(NCc3c[nH]c4c5c(ccc34)CCC5)nc2c1. The molecule has 4 heteroatoms. The van der Waals surface area contributed by atoms with Gasteiger partial charge < -0.3 is 15.3 Å². The molecular weight excluding hydrogens is 284 g/mol. The van der Waals surface area contributed by atoms with E-state index in [9.17, 15) is 0 Å². The fourth-order valence-corrected chi connectivity index (χ4v) is 3.70. The molecule has 0 unspecified atom stereocenters. The van der Waals surface area contributed by atoms with Crippen LogP contribution in [-0.4, -0.2) is 15.0 Å². The van der Waals surface area contributed by atoms with Gasteiger partial charge in [0.05, 0.1) is 11.0 Å². The molecule has 0 atom stereocenters. The van der Waals surface area contributed by atoms with E-state index in [1.54, 1.807) is 0 Å². The number of hydrogen-bond donors (Lipinski definition) is 3. The van der Waals surface area contributed by atoms with Crippen molar-refractivity contribution in [3.63, 3.8) is 0 Å². The average Bonchev–Trinajstić information content (AvgIpc) is 3.28. The zero-order valence-corrected chi connectivity index (χ0v) is 12.8. The maximum Gasteiger partial charge on any atom is 0.201 e. The van der Waals surface area contributed by atoms with Gasteiger partial charge in [-0.1, -0.05) is 24.3 Å². The van der Waals surface area contributed by atoms with Crippen LogP contribution in [0.1, 0.15) is 23.1 Å². The lowest BCUT2D eigenvalue weighted by molar-refractivity contribution is 0.913. The van der Waals surface area contributed by atoms with Crippen LogP contribution in [0, 0.1) is 0 Å². The van der Waals surface area contributed by atoms with Crippen molar-refractivity contribution in [2.75, 3.05) is 5.32 Å². The molecule has 4 nitrogen and oxygen atoms in total. The smallest absolute Gasteiger partial charge is 0.201 e. The lowest BCUT2D eigenvalue weighted by Crippen LogP contribution is -2.00. The number of H-pyrrole nitrogens is 2. The number of aromatic nitrogens is 3. The summed E-state index contributed by atoms with van der Waals surface area (Å²) >= 11 is 0. The third-order valence-electron chi connectivity index (χ3n) is 4.86. The number of benzene rings is 2. The van der Waals surface area contributed by atoms with Crippen molar-refractivity contribution < 1.29 is 0 Å². The minimum atomic E-state index is 0.763. The molecule has 114 valence electrons. The number of rotatable bonds is 3. The maximum absolute atomic E-state index is 4.57. The second-order valence-corrected chi connectivity index (χ2v) is 6.25. The predicted octanol–water partition coefficient (Wildman–Crippen LogP) is 4.15. The van der Waals surface area contributed by atoms with Crippen LogP contribution in [0.4, 0.5) is 5.95 Å². The van der Waals surface area contributed by atoms with Gasteiger partial charge in [0.2, 0.25) is 5.95 Å². The van der Waals surface area contributed by atoms with Crippen LogP contribution in [0.5, 0.6) is 0 Å². The van der Waals surface area contributed by atoms with Gasteiger partial charge in [-0.3, -0.25) is 0 Å². The van der Waals surface area contributed by atoms with Gasteiger partial charge in [0, 0.05) is 23.6 Å². The van der Waals surface area contributed by atoms with E-state index in [1.165, 1.54) is 46.9 Å². The molecule has 0 bridgehead atoms. The van der Waals surface area contributed by atoms with Crippen molar-refractivity contribution in [2.24, 2.45) is 0 Å². The van der Waals surface area contributed by atoms with Crippen molar-refractivity contribution >= 4 is 27.9 Å². The van der Waals surface area contributed by atoms with Gasteiger partial charge in [-0.15, -0.1) is 0 Å². The molecule has 2 aromatic carbocycles. The van der Waals surface area contributed by atoms with Gasteiger partial charge in [0.25, 0.3) is 0 Å². The number of nitrogens with zero attached hydrogens (tertiary/aromatic N) is 1. The second-order valence-electron chi connectivity index (χ2n) is 6.25. The molecule has 0 amide bonds. The maximum atomic E-state index is 4.57. The van der Waals surface area contributed by atoms with Crippen LogP contribution in [0.2, 0.25) is 0 Å². The highest BCUT2D eigenvalue weighted by Crippen LogP contribution is 2.31. The molecule has 4 aromatic rings. The number of fused-ring (bicyclic) bond motifs is 4. The molecule has 1 aliphatic carbocycles. The number of para-hydroxylation sites is 2. The van der Waals surface area contributed by atoms with E-state index in [0.717, 1.165) is 23.5 Å². The van der Waals surface area contributed by atoms with E-state index in [2.05, 4.69) is 38.6 Å². The lowest BCUT2D eigenvalue weighted by atomic mass is 10.0. The number of nitrogens with one attached hydrogen (secondary N) is 3. The van der Waals surface area contributed by atoms with Crippen molar-refractivity contribution in [2.45, 2.75) is 25.8 Å². The minimum absolute atomic E-state index is 0.763. The monoisotopic (exact) mass is 302 g/mol. The molecule has 23 heavy (non-hydrogen) atoms. The first kappa shape index (κ1) is 12.8. The Kier molecular flexibility index (Phi) is 2.71. The highest BCUT2D eigenvalue weighted by atomic mass is 15.1. The molecule has 1 aliphatic rings. The fraction of sp³-hybridized carbons (Fsp3) is 0.211. The Morgan fingerprint density at radius 3 is 3.00 bits per heavy atom. The van der Waals surface area contributed by atoms with Crippen molar-refractivity contribution in [3.05, 3.63) is 59.3 Å². The molecule has 0 radical (unpaired) electrons.